The van der Waals surface area contributed by atoms with Crippen molar-refractivity contribution in [2.45, 2.75) is 32.5 Å². The number of nitrogens with one attached hydrogen (secondary N) is 1. The minimum atomic E-state index is -4.60. The summed E-state index contributed by atoms with van der Waals surface area (Å²) in [6.45, 7) is 4.08. The summed E-state index contributed by atoms with van der Waals surface area (Å²) in [4.78, 5) is 14.9. The molecule has 2 heterocycles. The van der Waals surface area contributed by atoms with E-state index in [1.165, 1.54) is 6.07 Å². The van der Waals surface area contributed by atoms with Crippen LogP contribution in [0.5, 0.6) is 0 Å². The lowest BCUT2D eigenvalue weighted by Crippen LogP contribution is -2.40. The molecule has 1 amide bonds. The molecule has 0 bridgehead atoms. The highest BCUT2D eigenvalue weighted by Gasteiger charge is 2.37. The molecule has 36 heavy (non-hydrogen) atoms. The zero-order valence-electron chi connectivity index (χ0n) is 19.9. The predicted molar refractivity (Wildman–Crippen MR) is 131 cm³/mol. The third-order valence-electron chi connectivity index (χ3n) is 6.19. The molecule has 1 N–H and O–H groups in total. The second-order valence-electron chi connectivity index (χ2n) is 9.02. The summed E-state index contributed by atoms with van der Waals surface area (Å²) < 4.78 is 70.5. The summed E-state index contributed by atoms with van der Waals surface area (Å²) in [5.41, 5.74) is 1.07. The Morgan fingerprint density at radius 3 is 2.28 bits per heavy atom. The maximum absolute atomic E-state index is 13.8. The van der Waals surface area contributed by atoms with Crippen LogP contribution >= 0.6 is 0 Å². The molecule has 1 aliphatic heterocycles. The van der Waals surface area contributed by atoms with Crippen LogP contribution in [0.25, 0.3) is 0 Å². The number of rotatable bonds is 6. The fourth-order valence-electron chi connectivity index (χ4n) is 4.27. The van der Waals surface area contributed by atoms with Crippen molar-refractivity contribution in [3.05, 3.63) is 88.4 Å². The predicted octanol–water partition coefficient (Wildman–Crippen LogP) is 4.60. The normalized spacial score (nSPS) is 16.5. The number of halogens is 3. The van der Waals surface area contributed by atoms with E-state index >= 15 is 0 Å². The molecule has 1 aliphatic rings. The maximum atomic E-state index is 13.8. The van der Waals surface area contributed by atoms with E-state index in [0.29, 0.717) is 30.0 Å². The quantitative estimate of drug-likeness (QED) is 0.514. The Hall–Kier alpha value is -3.27. The second kappa shape index (κ2) is 10.0. The van der Waals surface area contributed by atoms with Crippen molar-refractivity contribution in [1.29, 1.82) is 0 Å². The summed E-state index contributed by atoms with van der Waals surface area (Å²) >= 11 is 0. The van der Waals surface area contributed by atoms with Gasteiger partial charge >= 0.3 is 6.18 Å². The monoisotopic (exact) mass is 520 g/mol. The third-order valence-corrected chi connectivity index (χ3v) is 7.80. The summed E-state index contributed by atoms with van der Waals surface area (Å²) in [5, 5.41) is 2.72. The van der Waals surface area contributed by atoms with Crippen molar-refractivity contribution in [3.8, 4) is 0 Å². The van der Waals surface area contributed by atoms with Gasteiger partial charge in [-0.3, -0.25) is 4.79 Å². The van der Waals surface area contributed by atoms with Crippen LogP contribution < -0.4 is 10.2 Å². The van der Waals surface area contributed by atoms with Crippen LogP contribution in [0.15, 0.2) is 59.0 Å². The molecule has 1 unspecified atom stereocenters. The zero-order chi connectivity index (χ0) is 26.1. The molecule has 10 heteroatoms. The Balaban J connectivity index is 1.53. The van der Waals surface area contributed by atoms with Gasteiger partial charge in [0.05, 0.1) is 23.5 Å². The largest absolute Gasteiger partial charge is 0.464 e. The first-order valence-corrected chi connectivity index (χ1v) is 13.3. The van der Waals surface area contributed by atoms with E-state index in [1.54, 1.807) is 44.2 Å². The van der Waals surface area contributed by atoms with Crippen molar-refractivity contribution < 1.29 is 30.8 Å². The first kappa shape index (κ1) is 25.8. The number of alkyl halides is 3. The smallest absolute Gasteiger partial charge is 0.416 e. The fraction of sp³-hybridized carbons (Fsp3) is 0.346. The van der Waals surface area contributed by atoms with Gasteiger partial charge in [-0.15, -0.1) is 0 Å². The molecule has 0 radical (unpaired) electrons. The van der Waals surface area contributed by atoms with Gasteiger partial charge in [0.25, 0.3) is 0 Å². The highest BCUT2D eigenvalue weighted by atomic mass is 32.2. The fourth-order valence-corrected chi connectivity index (χ4v) is 5.47. The molecule has 1 saturated heterocycles. The van der Waals surface area contributed by atoms with Gasteiger partial charge in [-0.2, -0.15) is 13.2 Å². The van der Waals surface area contributed by atoms with Crippen molar-refractivity contribution in [1.82, 2.24) is 5.32 Å². The number of nitrogens with zero attached hydrogens (tertiary/aromatic N) is 1. The van der Waals surface area contributed by atoms with Crippen molar-refractivity contribution in [3.63, 3.8) is 0 Å². The number of anilines is 1. The summed E-state index contributed by atoms with van der Waals surface area (Å²) in [5.74, 6) is 0.476. The Labute approximate surface area is 208 Å². The maximum Gasteiger partial charge on any atom is 0.416 e. The topological polar surface area (TPSA) is 79.6 Å². The van der Waals surface area contributed by atoms with Crippen LogP contribution in [0, 0.1) is 13.8 Å². The minimum absolute atomic E-state index is 0.0436. The van der Waals surface area contributed by atoms with Gasteiger partial charge in [-0.05, 0) is 55.3 Å². The van der Waals surface area contributed by atoms with Crippen LogP contribution in [0.3, 0.4) is 0 Å². The number of benzene rings is 2. The first-order valence-electron chi connectivity index (χ1n) is 11.5. The standard InChI is InChI=1S/C26H27F3N2O4S/c1-17-3-9-21(22(15-17)26(27,28)29)25(23-10-4-18(2)35-23)30-24(32)16-19-5-7-20(8-6-19)31-11-13-36(33,34)14-12-31/h3-10,15,25H,11-14,16H2,1-2H3,(H,30,32). The highest BCUT2D eigenvalue weighted by molar-refractivity contribution is 7.91. The Morgan fingerprint density at radius 1 is 1.03 bits per heavy atom. The summed E-state index contributed by atoms with van der Waals surface area (Å²) in [6, 6.07) is 13.2. The number of carbonyl (C=O) groups is 1. The van der Waals surface area contributed by atoms with Gasteiger partial charge in [0.2, 0.25) is 5.91 Å². The molecule has 1 atom stereocenters. The Morgan fingerprint density at radius 2 is 1.69 bits per heavy atom. The van der Waals surface area contributed by atoms with Gasteiger partial charge in [-0.1, -0.05) is 29.8 Å². The number of amides is 1. The molecular weight excluding hydrogens is 493 g/mol. The SMILES string of the molecule is Cc1ccc(C(NC(=O)Cc2ccc(N3CCS(=O)(=O)CC3)cc2)c2ccc(C)o2)c(C(F)(F)F)c1. The molecule has 6 nitrogen and oxygen atoms in total. The number of hydrogen-bond donors (Lipinski definition) is 1. The molecule has 0 saturated carbocycles. The van der Waals surface area contributed by atoms with Crippen molar-refractivity contribution in [2.75, 3.05) is 29.5 Å². The van der Waals surface area contributed by atoms with Gasteiger partial charge in [0, 0.05) is 18.8 Å². The average molecular weight is 521 g/mol. The van der Waals surface area contributed by atoms with Gasteiger partial charge < -0.3 is 14.6 Å². The molecule has 3 aromatic rings. The molecule has 0 aliphatic carbocycles. The van der Waals surface area contributed by atoms with E-state index in [9.17, 15) is 26.4 Å². The third kappa shape index (κ3) is 6.10. The van der Waals surface area contributed by atoms with E-state index in [-0.39, 0.29) is 29.3 Å². The van der Waals surface area contributed by atoms with E-state index in [0.717, 1.165) is 11.8 Å². The average Bonchev–Trinajstić information content (AvgIpc) is 3.24. The lowest BCUT2D eigenvalue weighted by Gasteiger charge is -2.28. The zero-order valence-corrected chi connectivity index (χ0v) is 20.7. The molecule has 2 aromatic carbocycles. The second-order valence-corrected chi connectivity index (χ2v) is 11.3. The van der Waals surface area contributed by atoms with Gasteiger partial charge in [-0.25, -0.2) is 8.42 Å². The van der Waals surface area contributed by atoms with Gasteiger partial charge in [0.15, 0.2) is 9.84 Å². The van der Waals surface area contributed by atoms with E-state index in [4.69, 9.17) is 4.42 Å². The first-order chi connectivity index (χ1) is 16.9. The number of furan rings is 1. The number of aryl methyl sites for hydroxylation is 2. The van der Waals surface area contributed by atoms with Crippen LogP contribution in [-0.4, -0.2) is 38.9 Å². The van der Waals surface area contributed by atoms with Crippen LogP contribution in [0.1, 0.15) is 39.8 Å². The Bertz CT molecular complexity index is 1330. The molecule has 4 rings (SSSR count). The minimum Gasteiger partial charge on any atom is -0.464 e. The molecule has 0 spiro atoms. The number of hydrogen-bond acceptors (Lipinski definition) is 5. The number of carbonyl (C=O) groups excluding carboxylic acids is 1. The van der Waals surface area contributed by atoms with Crippen LogP contribution in [0.2, 0.25) is 0 Å². The van der Waals surface area contributed by atoms with Crippen molar-refractivity contribution in [2.24, 2.45) is 0 Å². The van der Waals surface area contributed by atoms with Crippen molar-refractivity contribution >= 4 is 21.4 Å². The van der Waals surface area contributed by atoms with E-state index in [2.05, 4.69) is 5.32 Å². The molecule has 192 valence electrons. The van der Waals surface area contributed by atoms with Crippen LogP contribution in [0.4, 0.5) is 18.9 Å². The van der Waals surface area contributed by atoms with Crippen LogP contribution in [-0.2, 0) is 27.2 Å². The lowest BCUT2D eigenvalue weighted by molar-refractivity contribution is -0.138. The number of sulfone groups is 1. The van der Waals surface area contributed by atoms with E-state index < -0.39 is 33.5 Å². The Kier molecular flexibility index (Phi) is 7.17. The highest BCUT2D eigenvalue weighted by Crippen LogP contribution is 2.37. The summed E-state index contributed by atoms with van der Waals surface area (Å²) in [7, 11) is -2.99. The molecule has 1 fully saturated rings. The lowest BCUT2D eigenvalue weighted by atomic mass is 9.95. The van der Waals surface area contributed by atoms with E-state index in [1.807, 2.05) is 17.0 Å². The van der Waals surface area contributed by atoms with Gasteiger partial charge in [0.1, 0.15) is 17.6 Å². The molecule has 1 aromatic heterocycles. The summed E-state index contributed by atoms with van der Waals surface area (Å²) in [6.07, 6.45) is -4.65. The molecular formula is C26H27F3N2O4S.